The van der Waals surface area contributed by atoms with Crippen molar-refractivity contribution >= 4 is 43.5 Å². The fourth-order valence-electron chi connectivity index (χ4n) is 5.84. The third-order valence-corrected chi connectivity index (χ3v) is 9.58. The second-order valence-electron chi connectivity index (χ2n) is 11.3. The van der Waals surface area contributed by atoms with Crippen molar-refractivity contribution in [3.8, 4) is 0 Å². The Labute approximate surface area is 235 Å². The molecule has 2 atom stereocenters. The van der Waals surface area contributed by atoms with E-state index in [2.05, 4.69) is 71.4 Å². The molecule has 2 heterocycles. The molecule has 1 saturated heterocycles. The number of nitrogens with zero attached hydrogens (tertiary/aromatic N) is 3. The van der Waals surface area contributed by atoms with Crippen LogP contribution in [0.4, 0.5) is 5.82 Å². The molecule has 0 spiro atoms. The van der Waals surface area contributed by atoms with Crippen molar-refractivity contribution in [2.24, 2.45) is 0 Å². The molecule has 8 nitrogen and oxygen atoms in total. The SMILES string of the molecule is CCC(OS(C)(=O)=O)C(=O)NC1Cc2cc(CCN3CCN(c4nsc5ccccc45)CC3)ccc2C1(C)C. The molecular weight excluding hydrogens is 532 g/mol. The van der Waals surface area contributed by atoms with E-state index in [1.54, 1.807) is 18.5 Å². The number of rotatable bonds is 9. The minimum Gasteiger partial charge on any atom is -0.353 e. The van der Waals surface area contributed by atoms with Gasteiger partial charge >= 0.3 is 0 Å². The van der Waals surface area contributed by atoms with E-state index in [1.807, 2.05) is 0 Å². The monoisotopic (exact) mass is 570 g/mol. The number of carbonyl (C=O) groups is 1. The first kappa shape index (κ1) is 28.0. The number of carbonyl (C=O) groups excluding carboxylic acids is 1. The molecule has 1 aromatic heterocycles. The maximum atomic E-state index is 12.8. The van der Waals surface area contributed by atoms with Crippen LogP contribution in [0.3, 0.4) is 0 Å². The molecule has 10 heteroatoms. The molecule has 2 unspecified atom stereocenters. The van der Waals surface area contributed by atoms with Gasteiger partial charge in [-0.1, -0.05) is 51.1 Å². The Morgan fingerprint density at radius 2 is 1.92 bits per heavy atom. The lowest BCUT2D eigenvalue weighted by Gasteiger charge is -2.35. The summed E-state index contributed by atoms with van der Waals surface area (Å²) in [7, 11) is -3.71. The number of benzene rings is 2. The van der Waals surface area contributed by atoms with Gasteiger partial charge in [-0.3, -0.25) is 13.9 Å². The number of amides is 1. The number of fused-ring (bicyclic) bond motifs is 2. The van der Waals surface area contributed by atoms with Crippen molar-refractivity contribution in [2.75, 3.05) is 43.9 Å². The average Bonchev–Trinajstić information content (AvgIpc) is 3.44. The summed E-state index contributed by atoms with van der Waals surface area (Å²) in [6.07, 6.45) is 1.95. The fourth-order valence-corrected chi connectivity index (χ4v) is 7.28. The van der Waals surface area contributed by atoms with Crippen LogP contribution in [0.5, 0.6) is 0 Å². The van der Waals surface area contributed by atoms with Crippen molar-refractivity contribution in [3.63, 3.8) is 0 Å². The largest absolute Gasteiger partial charge is 0.353 e. The number of anilines is 1. The van der Waals surface area contributed by atoms with E-state index in [0.717, 1.165) is 57.6 Å². The lowest BCUT2D eigenvalue weighted by molar-refractivity contribution is -0.129. The first-order valence-electron chi connectivity index (χ1n) is 13.7. The Bertz CT molecular complexity index is 1440. The van der Waals surface area contributed by atoms with E-state index in [9.17, 15) is 13.2 Å². The zero-order valence-corrected chi connectivity index (χ0v) is 24.8. The summed E-state index contributed by atoms with van der Waals surface area (Å²) < 4.78 is 34.1. The number of nitrogens with one attached hydrogen (secondary N) is 1. The lowest BCUT2D eigenvalue weighted by atomic mass is 9.82. The summed E-state index contributed by atoms with van der Waals surface area (Å²) in [4.78, 5) is 17.8. The van der Waals surface area contributed by atoms with Gasteiger partial charge in [0, 0.05) is 49.6 Å². The minimum absolute atomic E-state index is 0.123. The van der Waals surface area contributed by atoms with Crippen molar-refractivity contribution in [3.05, 3.63) is 59.2 Å². The molecule has 1 N–H and O–H groups in total. The summed E-state index contributed by atoms with van der Waals surface area (Å²) >= 11 is 1.57. The van der Waals surface area contributed by atoms with E-state index < -0.39 is 16.2 Å². The van der Waals surface area contributed by atoms with Crippen LogP contribution in [0.1, 0.15) is 43.9 Å². The van der Waals surface area contributed by atoms with Crippen LogP contribution in [0, 0.1) is 0 Å². The van der Waals surface area contributed by atoms with Gasteiger partial charge in [-0.2, -0.15) is 12.8 Å². The van der Waals surface area contributed by atoms with Crippen molar-refractivity contribution in [1.29, 1.82) is 0 Å². The van der Waals surface area contributed by atoms with Crippen LogP contribution in [0.2, 0.25) is 0 Å². The predicted molar refractivity (Wildman–Crippen MR) is 157 cm³/mol. The average molecular weight is 571 g/mol. The zero-order chi connectivity index (χ0) is 27.8. The Morgan fingerprint density at radius 1 is 1.18 bits per heavy atom. The van der Waals surface area contributed by atoms with Crippen LogP contribution < -0.4 is 10.2 Å². The Morgan fingerprint density at radius 3 is 2.64 bits per heavy atom. The smallest absolute Gasteiger partial charge is 0.265 e. The van der Waals surface area contributed by atoms with Gasteiger partial charge in [0.15, 0.2) is 6.10 Å². The highest BCUT2D eigenvalue weighted by Gasteiger charge is 2.41. The van der Waals surface area contributed by atoms with E-state index >= 15 is 0 Å². The highest BCUT2D eigenvalue weighted by atomic mass is 32.2. The fraction of sp³-hybridized carbons (Fsp3) is 0.517. The normalized spacial score (nSPS) is 20.2. The zero-order valence-electron chi connectivity index (χ0n) is 23.1. The molecule has 0 bridgehead atoms. The second-order valence-corrected chi connectivity index (χ2v) is 13.7. The van der Waals surface area contributed by atoms with Crippen LogP contribution in [-0.4, -0.2) is 74.7 Å². The van der Waals surface area contributed by atoms with E-state index in [1.165, 1.54) is 26.8 Å². The van der Waals surface area contributed by atoms with Crippen LogP contribution in [-0.2, 0) is 37.4 Å². The molecule has 210 valence electrons. The molecule has 2 aliphatic rings. The van der Waals surface area contributed by atoms with Crippen molar-refractivity contribution in [2.45, 2.75) is 57.6 Å². The second kappa shape index (κ2) is 11.2. The molecule has 3 aromatic rings. The van der Waals surface area contributed by atoms with Gasteiger partial charge in [-0.15, -0.1) is 0 Å². The van der Waals surface area contributed by atoms with Gasteiger partial charge in [0.25, 0.3) is 16.0 Å². The third-order valence-electron chi connectivity index (χ3n) is 8.18. The molecule has 1 aliphatic carbocycles. The highest BCUT2D eigenvalue weighted by Crippen LogP contribution is 2.39. The quantitative estimate of drug-likeness (QED) is 0.392. The maximum absolute atomic E-state index is 12.8. The summed E-state index contributed by atoms with van der Waals surface area (Å²) in [5.74, 6) is 0.741. The van der Waals surface area contributed by atoms with Gasteiger partial charge in [0.1, 0.15) is 5.82 Å². The highest BCUT2D eigenvalue weighted by molar-refractivity contribution is 7.86. The molecule has 39 heavy (non-hydrogen) atoms. The first-order chi connectivity index (χ1) is 18.5. The number of aromatic nitrogens is 1. The van der Waals surface area contributed by atoms with Gasteiger partial charge in [-0.05, 0) is 59.6 Å². The van der Waals surface area contributed by atoms with Crippen molar-refractivity contribution < 1.29 is 17.4 Å². The molecular formula is C29H38N4O4S2. The van der Waals surface area contributed by atoms with Gasteiger partial charge < -0.3 is 10.2 Å². The van der Waals surface area contributed by atoms with Gasteiger partial charge in [0.05, 0.1) is 11.0 Å². The van der Waals surface area contributed by atoms with Crippen LogP contribution in [0.15, 0.2) is 42.5 Å². The molecule has 0 radical (unpaired) electrons. The Kier molecular flexibility index (Phi) is 8.01. The lowest BCUT2D eigenvalue weighted by Crippen LogP contribution is -2.49. The number of hydrogen-bond acceptors (Lipinski definition) is 8. The molecule has 0 saturated carbocycles. The molecule has 1 fully saturated rings. The standard InChI is InChI=1S/C29H38N4O4S2/c1-5-24(37-39(4,35)36)28(34)30-26-19-21-18-20(10-11-23(21)29(26,2)3)12-13-32-14-16-33(17-15-32)27-22-8-6-7-9-25(22)38-31-27/h6-11,18,24,26H,5,12-17,19H2,1-4H3,(H,30,34). The van der Waals surface area contributed by atoms with Gasteiger partial charge in [-0.25, -0.2) is 0 Å². The third kappa shape index (κ3) is 6.14. The van der Waals surface area contributed by atoms with Crippen LogP contribution in [0.25, 0.3) is 10.1 Å². The molecule has 1 amide bonds. The summed E-state index contributed by atoms with van der Waals surface area (Å²) in [6.45, 7) is 11.0. The van der Waals surface area contributed by atoms with Crippen molar-refractivity contribution in [1.82, 2.24) is 14.6 Å². The molecule has 5 rings (SSSR count). The summed E-state index contributed by atoms with van der Waals surface area (Å²) in [5, 5.41) is 4.32. The topological polar surface area (TPSA) is 91.8 Å². The molecule has 2 aromatic carbocycles. The van der Waals surface area contributed by atoms with Gasteiger partial charge in [0.2, 0.25) is 0 Å². The van der Waals surface area contributed by atoms with E-state index in [-0.39, 0.29) is 23.8 Å². The maximum Gasteiger partial charge on any atom is 0.265 e. The minimum atomic E-state index is -3.71. The van der Waals surface area contributed by atoms with E-state index in [4.69, 9.17) is 8.56 Å². The summed E-state index contributed by atoms with van der Waals surface area (Å²) in [5.41, 5.74) is 3.53. The van der Waals surface area contributed by atoms with E-state index in [0.29, 0.717) is 0 Å². The first-order valence-corrected chi connectivity index (χ1v) is 16.3. The number of piperazine rings is 1. The number of hydrogen-bond donors (Lipinski definition) is 1. The Balaban J connectivity index is 1.16. The molecule has 1 aliphatic heterocycles. The predicted octanol–water partition coefficient (Wildman–Crippen LogP) is 3.73. The summed E-state index contributed by atoms with van der Waals surface area (Å²) in [6, 6.07) is 15.0. The Hall–Kier alpha value is -2.53. The van der Waals surface area contributed by atoms with Crippen LogP contribution >= 0.6 is 11.5 Å².